The molecule has 13 nitrogen and oxygen atoms in total. The second kappa shape index (κ2) is 16.8. The topological polar surface area (TPSA) is 230 Å². The standard InChI is InChI=1S/C31H40N6O7/c32-15-7-6-11-22(33)28(40)35-24(13-14-27(38)39)29(41)36-25(16-19-8-2-1-3-9-19)30(42)37-26(31(43)44)17-20-18-34-23-12-5-4-10-21(20)23/h1-5,8-10,12,18,22,24-26,34H,6-7,11,13-17,32-33H2,(H,35,40)(H,36,41)(H,37,42)(H,38,39)(H,43,44). The van der Waals surface area contributed by atoms with Crippen LogP contribution >= 0.6 is 0 Å². The molecule has 236 valence electrons. The lowest BCUT2D eigenvalue weighted by Crippen LogP contribution is -2.57. The largest absolute Gasteiger partial charge is 0.481 e. The zero-order chi connectivity index (χ0) is 32.1. The number of carbonyl (C=O) groups is 5. The van der Waals surface area contributed by atoms with Crippen LogP contribution < -0.4 is 27.4 Å². The van der Waals surface area contributed by atoms with Crippen LogP contribution in [0.15, 0.2) is 60.8 Å². The summed E-state index contributed by atoms with van der Waals surface area (Å²) < 4.78 is 0. The minimum atomic E-state index is -1.31. The molecule has 0 aliphatic rings. The highest BCUT2D eigenvalue weighted by Crippen LogP contribution is 2.19. The maximum absolute atomic E-state index is 13.5. The van der Waals surface area contributed by atoms with Crippen LogP contribution in [0.3, 0.4) is 0 Å². The van der Waals surface area contributed by atoms with Crippen LogP contribution in [0.5, 0.6) is 0 Å². The number of aliphatic carboxylic acids is 2. The van der Waals surface area contributed by atoms with Gasteiger partial charge in [-0.3, -0.25) is 19.2 Å². The number of hydrogen-bond donors (Lipinski definition) is 8. The van der Waals surface area contributed by atoms with Crippen molar-refractivity contribution in [2.24, 2.45) is 11.5 Å². The van der Waals surface area contributed by atoms with E-state index in [1.165, 1.54) is 0 Å². The number of H-pyrrole nitrogens is 1. The van der Waals surface area contributed by atoms with Crippen LogP contribution in [-0.2, 0) is 36.8 Å². The second-order valence-corrected chi connectivity index (χ2v) is 10.6. The zero-order valence-corrected chi connectivity index (χ0v) is 24.3. The number of carbonyl (C=O) groups excluding carboxylic acids is 3. The summed E-state index contributed by atoms with van der Waals surface area (Å²) in [6.45, 7) is 0.438. The third kappa shape index (κ3) is 10.2. The van der Waals surface area contributed by atoms with Gasteiger partial charge in [0, 0.05) is 36.4 Å². The fourth-order valence-electron chi connectivity index (χ4n) is 4.78. The first kappa shape index (κ1) is 33.7. The molecule has 0 aliphatic carbocycles. The number of carboxylic acids is 2. The SMILES string of the molecule is NCCCCC(N)C(=O)NC(CCC(=O)O)C(=O)NC(Cc1ccccc1)C(=O)NC(Cc1c[nH]c2ccccc12)C(=O)O. The molecule has 13 heteroatoms. The summed E-state index contributed by atoms with van der Waals surface area (Å²) >= 11 is 0. The highest BCUT2D eigenvalue weighted by molar-refractivity contribution is 5.94. The molecule has 3 aromatic rings. The van der Waals surface area contributed by atoms with E-state index < -0.39 is 60.2 Å². The van der Waals surface area contributed by atoms with Gasteiger partial charge in [-0.2, -0.15) is 0 Å². The van der Waals surface area contributed by atoms with E-state index in [1.807, 2.05) is 24.3 Å². The zero-order valence-electron chi connectivity index (χ0n) is 24.3. The van der Waals surface area contributed by atoms with Gasteiger partial charge in [-0.25, -0.2) is 4.79 Å². The van der Waals surface area contributed by atoms with Gasteiger partial charge < -0.3 is 42.6 Å². The van der Waals surface area contributed by atoms with Crippen molar-refractivity contribution in [1.29, 1.82) is 0 Å². The Hall–Kier alpha value is -4.75. The number of benzene rings is 2. The number of rotatable bonds is 18. The highest BCUT2D eigenvalue weighted by atomic mass is 16.4. The molecule has 4 atom stereocenters. The first-order valence-corrected chi connectivity index (χ1v) is 14.5. The predicted octanol–water partition coefficient (Wildman–Crippen LogP) is 0.813. The van der Waals surface area contributed by atoms with Gasteiger partial charge in [0.1, 0.15) is 18.1 Å². The number of fused-ring (bicyclic) bond motifs is 1. The average molecular weight is 609 g/mol. The molecular formula is C31H40N6O7. The van der Waals surface area contributed by atoms with E-state index in [9.17, 15) is 34.2 Å². The van der Waals surface area contributed by atoms with Gasteiger partial charge in [-0.1, -0.05) is 55.0 Å². The van der Waals surface area contributed by atoms with Gasteiger partial charge in [-0.15, -0.1) is 0 Å². The molecule has 2 aromatic carbocycles. The smallest absolute Gasteiger partial charge is 0.326 e. The molecule has 3 rings (SSSR count). The molecule has 0 spiro atoms. The fourth-order valence-corrected chi connectivity index (χ4v) is 4.78. The molecule has 0 saturated heterocycles. The van der Waals surface area contributed by atoms with Crippen molar-refractivity contribution in [2.45, 2.75) is 69.1 Å². The van der Waals surface area contributed by atoms with Gasteiger partial charge in [-0.05, 0) is 43.0 Å². The molecule has 0 bridgehead atoms. The summed E-state index contributed by atoms with van der Waals surface area (Å²) in [5.74, 6) is -4.63. The Balaban J connectivity index is 1.79. The molecule has 4 unspecified atom stereocenters. The number of unbranched alkanes of at least 4 members (excludes halogenated alkanes) is 1. The van der Waals surface area contributed by atoms with Crippen LogP contribution in [-0.4, -0.2) is 75.6 Å². The van der Waals surface area contributed by atoms with E-state index in [1.54, 1.807) is 36.5 Å². The average Bonchev–Trinajstić information content (AvgIpc) is 3.41. The van der Waals surface area contributed by atoms with Crippen molar-refractivity contribution in [3.8, 4) is 0 Å². The molecule has 1 aromatic heterocycles. The van der Waals surface area contributed by atoms with Crippen LogP contribution in [0.25, 0.3) is 10.9 Å². The fraction of sp³-hybridized carbons (Fsp3) is 0.387. The van der Waals surface area contributed by atoms with Crippen LogP contribution in [0.4, 0.5) is 0 Å². The number of para-hydroxylation sites is 1. The first-order valence-electron chi connectivity index (χ1n) is 14.5. The number of hydrogen-bond acceptors (Lipinski definition) is 7. The van der Waals surface area contributed by atoms with Crippen molar-refractivity contribution in [2.75, 3.05) is 6.54 Å². The molecule has 1 heterocycles. The number of nitrogens with one attached hydrogen (secondary N) is 4. The predicted molar refractivity (Wildman–Crippen MR) is 163 cm³/mol. The number of nitrogens with two attached hydrogens (primary N) is 2. The molecule has 10 N–H and O–H groups in total. The van der Waals surface area contributed by atoms with Crippen molar-refractivity contribution in [3.05, 3.63) is 71.9 Å². The quantitative estimate of drug-likeness (QED) is 0.0954. The molecule has 3 amide bonds. The van der Waals surface area contributed by atoms with E-state index in [0.717, 1.165) is 10.9 Å². The highest BCUT2D eigenvalue weighted by Gasteiger charge is 2.31. The summed E-state index contributed by atoms with van der Waals surface area (Å²) in [4.78, 5) is 66.3. The summed E-state index contributed by atoms with van der Waals surface area (Å²) in [6, 6.07) is 11.4. The number of aromatic nitrogens is 1. The lowest BCUT2D eigenvalue weighted by molar-refractivity contribution is -0.142. The molecular weight excluding hydrogens is 568 g/mol. The summed E-state index contributed by atoms with van der Waals surface area (Å²) in [5, 5.41) is 27.6. The van der Waals surface area contributed by atoms with Gasteiger partial charge in [0.2, 0.25) is 17.7 Å². The molecule has 0 saturated carbocycles. The van der Waals surface area contributed by atoms with Gasteiger partial charge in [0.25, 0.3) is 0 Å². The second-order valence-electron chi connectivity index (χ2n) is 10.6. The molecule has 44 heavy (non-hydrogen) atoms. The normalized spacial score (nSPS) is 13.8. The Bertz CT molecular complexity index is 1430. The number of aromatic amines is 1. The summed E-state index contributed by atoms with van der Waals surface area (Å²) in [7, 11) is 0. The van der Waals surface area contributed by atoms with E-state index in [4.69, 9.17) is 11.5 Å². The van der Waals surface area contributed by atoms with E-state index >= 15 is 0 Å². The summed E-state index contributed by atoms with van der Waals surface area (Å²) in [5.41, 5.74) is 13.7. The molecule has 0 fully saturated rings. The van der Waals surface area contributed by atoms with Gasteiger partial charge >= 0.3 is 11.9 Å². The van der Waals surface area contributed by atoms with Gasteiger partial charge in [0.05, 0.1) is 6.04 Å². The number of amides is 3. The lowest BCUT2D eigenvalue weighted by atomic mass is 10.0. The minimum absolute atomic E-state index is 0.00996. The van der Waals surface area contributed by atoms with Crippen LogP contribution in [0.1, 0.15) is 43.2 Å². The Labute approximate surface area is 254 Å². The Kier molecular flexibility index (Phi) is 12.9. The molecule has 0 radical (unpaired) electrons. The van der Waals surface area contributed by atoms with Crippen LogP contribution in [0, 0.1) is 0 Å². The number of carboxylic acid groups (broad SMARTS) is 2. The minimum Gasteiger partial charge on any atom is -0.481 e. The van der Waals surface area contributed by atoms with Crippen molar-refractivity contribution in [1.82, 2.24) is 20.9 Å². The Morgan fingerprint density at radius 3 is 2.07 bits per heavy atom. The maximum atomic E-state index is 13.5. The van der Waals surface area contributed by atoms with Crippen molar-refractivity contribution >= 4 is 40.6 Å². The van der Waals surface area contributed by atoms with E-state index in [2.05, 4.69) is 20.9 Å². The Morgan fingerprint density at radius 2 is 1.39 bits per heavy atom. The van der Waals surface area contributed by atoms with Gasteiger partial charge in [0.15, 0.2) is 0 Å². The lowest BCUT2D eigenvalue weighted by Gasteiger charge is -2.25. The summed E-state index contributed by atoms with van der Waals surface area (Å²) in [6.07, 6.45) is 2.58. The first-order chi connectivity index (χ1) is 21.1. The van der Waals surface area contributed by atoms with Crippen molar-refractivity contribution in [3.63, 3.8) is 0 Å². The monoisotopic (exact) mass is 608 g/mol. The van der Waals surface area contributed by atoms with E-state index in [0.29, 0.717) is 36.9 Å². The molecule has 0 aliphatic heterocycles. The van der Waals surface area contributed by atoms with Crippen LogP contribution in [0.2, 0.25) is 0 Å². The Morgan fingerprint density at radius 1 is 0.750 bits per heavy atom. The maximum Gasteiger partial charge on any atom is 0.326 e. The third-order valence-electron chi connectivity index (χ3n) is 7.22. The third-order valence-corrected chi connectivity index (χ3v) is 7.22. The van der Waals surface area contributed by atoms with E-state index in [-0.39, 0.29) is 19.3 Å². The van der Waals surface area contributed by atoms with Crippen molar-refractivity contribution < 1.29 is 34.2 Å².